The first kappa shape index (κ1) is 23.2. The SMILES string of the molecule is Cc1ccccc1NS(=O)(=O)c1ccc(C)c(C(=O)NCc2ccc(Cn3cncn3)cc2)c1. The monoisotopic (exact) mass is 475 g/mol. The van der Waals surface area contributed by atoms with E-state index in [-0.39, 0.29) is 10.8 Å². The lowest BCUT2D eigenvalue weighted by molar-refractivity contribution is 0.0950. The number of amides is 1. The van der Waals surface area contributed by atoms with Gasteiger partial charge < -0.3 is 5.32 Å². The number of nitrogens with one attached hydrogen (secondary N) is 2. The topological polar surface area (TPSA) is 106 Å². The number of benzene rings is 3. The number of hydrogen-bond donors (Lipinski definition) is 2. The fraction of sp³-hybridized carbons (Fsp3) is 0.160. The Morgan fingerprint density at radius 3 is 2.38 bits per heavy atom. The second-order valence-corrected chi connectivity index (χ2v) is 9.67. The number of nitrogens with zero attached hydrogens (tertiary/aromatic N) is 3. The van der Waals surface area contributed by atoms with Gasteiger partial charge in [0.2, 0.25) is 0 Å². The van der Waals surface area contributed by atoms with Crippen molar-refractivity contribution in [3.05, 3.63) is 107 Å². The molecule has 0 spiro atoms. The van der Waals surface area contributed by atoms with Gasteiger partial charge in [0.15, 0.2) is 0 Å². The van der Waals surface area contributed by atoms with Crippen LogP contribution >= 0.6 is 0 Å². The van der Waals surface area contributed by atoms with Gasteiger partial charge in [-0.2, -0.15) is 5.10 Å². The molecule has 34 heavy (non-hydrogen) atoms. The van der Waals surface area contributed by atoms with Gasteiger partial charge in [0, 0.05) is 12.1 Å². The zero-order chi connectivity index (χ0) is 24.1. The summed E-state index contributed by atoms with van der Waals surface area (Å²) in [6, 6.07) is 19.5. The minimum absolute atomic E-state index is 0.0315. The van der Waals surface area contributed by atoms with E-state index in [0.29, 0.717) is 29.9 Å². The summed E-state index contributed by atoms with van der Waals surface area (Å²) in [6.07, 6.45) is 3.15. The quantitative estimate of drug-likeness (QED) is 0.404. The molecular weight excluding hydrogens is 450 g/mol. The van der Waals surface area contributed by atoms with E-state index in [4.69, 9.17) is 0 Å². The molecule has 1 aromatic heterocycles. The molecule has 0 aliphatic heterocycles. The molecule has 0 aliphatic rings. The first-order valence-corrected chi connectivity index (χ1v) is 12.2. The second-order valence-electron chi connectivity index (χ2n) is 7.99. The third-order valence-corrected chi connectivity index (χ3v) is 6.80. The highest BCUT2D eigenvalue weighted by Gasteiger charge is 2.19. The number of sulfonamides is 1. The molecule has 2 N–H and O–H groups in total. The van der Waals surface area contributed by atoms with Crippen LogP contribution in [0.15, 0.2) is 84.3 Å². The normalized spacial score (nSPS) is 11.2. The molecule has 1 heterocycles. The molecule has 4 aromatic rings. The van der Waals surface area contributed by atoms with E-state index in [1.807, 2.05) is 43.3 Å². The Morgan fingerprint density at radius 1 is 0.941 bits per heavy atom. The van der Waals surface area contributed by atoms with Gasteiger partial charge in [0.1, 0.15) is 12.7 Å². The van der Waals surface area contributed by atoms with E-state index >= 15 is 0 Å². The van der Waals surface area contributed by atoms with Gasteiger partial charge in [-0.3, -0.25) is 9.52 Å². The molecule has 0 unspecified atom stereocenters. The summed E-state index contributed by atoms with van der Waals surface area (Å²) in [4.78, 5) is 16.8. The number of carbonyl (C=O) groups is 1. The van der Waals surface area contributed by atoms with Gasteiger partial charge in [0.25, 0.3) is 15.9 Å². The Labute approximate surface area is 198 Å². The molecule has 0 saturated carbocycles. The van der Waals surface area contributed by atoms with Crippen molar-refractivity contribution in [3.8, 4) is 0 Å². The van der Waals surface area contributed by atoms with E-state index in [1.165, 1.54) is 18.5 Å². The van der Waals surface area contributed by atoms with Gasteiger partial charge in [0.05, 0.1) is 17.1 Å². The first-order chi connectivity index (χ1) is 16.3. The van der Waals surface area contributed by atoms with Crippen molar-refractivity contribution in [2.45, 2.75) is 31.8 Å². The van der Waals surface area contributed by atoms with Crippen molar-refractivity contribution >= 4 is 21.6 Å². The summed E-state index contributed by atoms with van der Waals surface area (Å²) in [5.74, 6) is -0.336. The second kappa shape index (κ2) is 9.88. The number of aromatic nitrogens is 3. The summed E-state index contributed by atoms with van der Waals surface area (Å²) in [5.41, 5.74) is 4.31. The van der Waals surface area contributed by atoms with Crippen LogP contribution in [0.5, 0.6) is 0 Å². The lowest BCUT2D eigenvalue weighted by Crippen LogP contribution is -2.24. The Morgan fingerprint density at radius 2 is 1.68 bits per heavy atom. The van der Waals surface area contributed by atoms with Crippen LogP contribution in [0.3, 0.4) is 0 Å². The number of carbonyl (C=O) groups excluding carboxylic acids is 1. The first-order valence-electron chi connectivity index (χ1n) is 10.7. The average Bonchev–Trinajstić information content (AvgIpc) is 3.33. The van der Waals surface area contributed by atoms with Crippen LogP contribution in [0.4, 0.5) is 5.69 Å². The molecular formula is C25H25N5O3S. The van der Waals surface area contributed by atoms with Crippen molar-refractivity contribution in [1.29, 1.82) is 0 Å². The van der Waals surface area contributed by atoms with E-state index in [2.05, 4.69) is 20.1 Å². The van der Waals surface area contributed by atoms with Gasteiger partial charge in [-0.1, -0.05) is 48.5 Å². The molecule has 0 aliphatic carbocycles. The van der Waals surface area contributed by atoms with E-state index < -0.39 is 10.0 Å². The highest BCUT2D eigenvalue weighted by atomic mass is 32.2. The maximum Gasteiger partial charge on any atom is 0.261 e. The molecule has 0 saturated heterocycles. The van der Waals surface area contributed by atoms with Gasteiger partial charge in [-0.05, 0) is 54.3 Å². The molecule has 4 rings (SSSR count). The Kier molecular flexibility index (Phi) is 6.74. The molecule has 8 nitrogen and oxygen atoms in total. The maximum atomic E-state index is 12.9. The minimum Gasteiger partial charge on any atom is -0.348 e. The highest BCUT2D eigenvalue weighted by molar-refractivity contribution is 7.92. The van der Waals surface area contributed by atoms with Crippen LogP contribution in [0, 0.1) is 13.8 Å². The van der Waals surface area contributed by atoms with Crippen LogP contribution in [-0.4, -0.2) is 29.1 Å². The third-order valence-electron chi connectivity index (χ3n) is 5.44. The largest absolute Gasteiger partial charge is 0.348 e. The van der Waals surface area contributed by atoms with Crippen LogP contribution in [0.1, 0.15) is 32.6 Å². The predicted octanol–water partition coefficient (Wildman–Crippen LogP) is 3.67. The van der Waals surface area contributed by atoms with Crippen LogP contribution in [-0.2, 0) is 23.1 Å². The molecule has 3 aromatic carbocycles. The smallest absolute Gasteiger partial charge is 0.261 e. The van der Waals surface area contributed by atoms with Crippen LogP contribution in [0.2, 0.25) is 0 Å². The van der Waals surface area contributed by atoms with E-state index in [9.17, 15) is 13.2 Å². The molecule has 9 heteroatoms. The van der Waals surface area contributed by atoms with E-state index in [1.54, 1.807) is 36.1 Å². The zero-order valence-corrected chi connectivity index (χ0v) is 19.7. The lowest BCUT2D eigenvalue weighted by Gasteiger charge is -2.13. The Hall–Kier alpha value is -3.98. The third kappa shape index (κ3) is 5.49. The standard InChI is InChI=1S/C25H25N5O3S/c1-18-7-12-22(34(32,33)29-24-6-4-3-5-19(24)2)13-23(18)25(31)27-14-20-8-10-21(11-9-20)15-30-17-26-16-28-30/h3-13,16-17,29H,14-15H2,1-2H3,(H,27,31). The van der Waals surface area contributed by atoms with Crippen molar-refractivity contribution in [3.63, 3.8) is 0 Å². The summed E-state index contributed by atoms with van der Waals surface area (Å²) < 4.78 is 30.2. The van der Waals surface area contributed by atoms with Crippen LogP contribution in [0.25, 0.3) is 0 Å². The molecule has 0 bridgehead atoms. The molecule has 174 valence electrons. The van der Waals surface area contributed by atoms with Gasteiger partial charge in [-0.15, -0.1) is 0 Å². The summed E-state index contributed by atoms with van der Waals surface area (Å²) in [7, 11) is -3.84. The van der Waals surface area contributed by atoms with Crippen molar-refractivity contribution < 1.29 is 13.2 Å². The number of para-hydroxylation sites is 1. The predicted molar refractivity (Wildman–Crippen MR) is 130 cm³/mol. The lowest BCUT2D eigenvalue weighted by atomic mass is 10.1. The number of rotatable bonds is 8. The number of hydrogen-bond acceptors (Lipinski definition) is 5. The van der Waals surface area contributed by atoms with Gasteiger partial charge >= 0.3 is 0 Å². The molecule has 0 atom stereocenters. The average molecular weight is 476 g/mol. The van der Waals surface area contributed by atoms with Crippen molar-refractivity contribution in [2.24, 2.45) is 0 Å². The summed E-state index contributed by atoms with van der Waals surface area (Å²) in [6.45, 7) is 4.54. The molecule has 1 amide bonds. The summed E-state index contributed by atoms with van der Waals surface area (Å²) >= 11 is 0. The number of aryl methyl sites for hydroxylation is 2. The fourth-order valence-corrected chi connectivity index (χ4v) is 4.60. The Bertz CT molecular complexity index is 1400. The van der Waals surface area contributed by atoms with Crippen molar-refractivity contribution in [2.75, 3.05) is 4.72 Å². The fourth-order valence-electron chi connectivity index (χ4n) is 3.45. The molecule has 0 fully saturated rings. The van der Waals surface area contributed by atoms with Gasteiger partial charge in [-0.25, -0.2) is 18.1 Å². The number of anilines is 1. The Balaban J connectivity index is 1.44. The highest BCUT2D eigenvalue weighted by Crippen LogP contribution is 2.21. The van der Waals surface area contributed by atoms with E-state index in [0.717, 1.165) is 16.7 Å². The molecule has 0 radical (unpaired) electrons. The van der Waals surface area contributed by atoms with Crippen LogP contribution < -0.4 is 10.0 Å². The van der Waals surface area contributed by atoms with Crippen molar-refractivity contribution in [1.82, 2.24) is 20.1 Å². The maximum absolute atomic E-state index is 12.9. The summed E-state index contributed by atoms with van der Waals surface area (Å²) in [5, 5.41) is 6.97. The zero-order valence-electron chi connectivity index (χ0n) is 18.9. The minimum atomic E-state index is -3.84.